The number of aryl methyl sites for hydroxylation is 2. The molecular formula is C28H37BrN4O3. The summed E-state index contributed by atoms with van der Waals surface area (Å²) in [6.45, 7) is 10.7. The number of amides is 1. The Hall–Kier alpha value is -2.26. The fraction of sp³-hybridized carbons (Fsp3) is 0.500. The molecule has 2 fully saturated rings. The van der Waals surface area contributed by atoms with E-state index >= 15 is 0 Å². The van der Waals surface area contributed by atoms with Crippen molar-refractivity contribution in [1.82, 2.24) is 15.4 Å². The van der Waals surface area contributed by atoms with Crippen LogP contribution in [0, 0.1) is 19.1 Å². The highest BCUT2D eigenvalue weighted by molar-refractivity contribution is 9.10. The lowest BCUT2D eigenvalue weighted by molar-refractivity contribution is -0.934. The number of nitrogens with zero attached hydrogens (tertiary/aromatic N) is 3. The predicted molar refractivity (Wildman–Crippen MR) is 146 cm³/mol. The molecule has 8 heteroatoms. The Bertz CT molecular complexity index is 1090. The standard InChI is InChI=1S/C28H37BrN4O3/c1-5-36-31-26(22-6-8-24(29)9-7-22)23-11-18-33(35,19-12-23)28(4)13-16-32(17-14-28)27(34)25-20(2)10-15-30-21(25)3/h6-10,15,31H,5,11-14,16-19H2,1-4H3. The molecule has 3 heterocycles. The summed E-state index contributed by atoms with van der Waals surface area (Å²) in [7, 11) is 0. The summed E-state index contributed by atoms with van der Waals surface area (Å²) in [5.74, 6) is 0.0302. The average molecular weight is 558 g/mol. The van der Waals surface area contributed by atoms with Crippen LogP contribution in [0.5, 0.6) is 0 Å². The van der Waals surface area contributed by atoms with Crippen LogP contribution in [0.4, 0.5) is 0 Å². The molecule has 0 spiro atoms. The van der Waals surface area contributed by atoms with Gasteiger partial charge >= 0.3 is 0 Å². The highest BCUT2D eigenvalue weighted by Gasteiger charge is 2.46. The molecule has 0 aliphatic carbocycles. The van der Waals surface area contributed by atoms with Crippen LogP contribution in [-0.2, 0) is 4.84 Å². The third-order valence-corrected chi connectivity index (χ3v) is 8.56. The maximum atomic E-state index is 14.2. The average Bonchev–Trinajstić information content (AvgIpc) is 2.86. The van der Waals surface area contributed by atoms with E-state index in [9.17, 15) is 10.0 Å². The number of quaternary nitrogens is 1. The van der Waals surface area contributed by atoms with Crippen LogP contribution in [0.3, 0.4) is 0 Å². The van der Waals surface area contributed by atoms with Crippen molar-refractivity contribution in [3.8, 4) is 0 Å². The molecule has 194 valence electrons. The van der Waals surface area contributed by atoms with Crippen molar-refractivity contribution in [2.45, 2.75) is 58.9 Å². The molecular weight excluding hydrogens is 520 g/mol. The number of hydrogen-bond acceptors (Lipinski definition) is 5. The van der Waals surface area contributed by atoms with Crippen LogP contribution in [0.1, 0.15) is 66.7 Å². The number of benzene rings is 1. The summed E-state index contributed by atoms with van der Waals surface area (Å²) < 4.78 is 0.823. The Morgan fingerprint density at radius 1 is 1.17 bits per heavy atom. The van der Waals surface area contributed by atoms with Gasteiger partial charge in [0.2, 0.25) is 0 Å². The molecule has 2 aromatic rings. The van der Waals surface area contributed by atoms with Crippen molar-refractivity contribution >= 4 is 27.5 Å². The first-order chi connectivity index (χ1) is 17.2. The van der Waals surface area contributed by atoms with Gasteiger partial charge in [-0.15, -0.1) is 0 Å². The van der Waals surface area contributed by atoms with Crippen LogP contribution in [0.25, 0.3) is 5.70 Å². The summed E-state index contributed by atoms with van der Waals surface area (Å²) in [5, 5.41) is 14.2. The van der Waals surface area contributed by atoms with E-state index < -0.39 is 5.54 Å². The fourth-order valence-corrected chi connectivity index (χ4v) is 5.79. The molecule has 0 atom stereocenters. The van der Waals surface area contributed by atoms with Gasteiger partial charge in [-0.1, -0.05) is 28.1 Å². The van der Waals surface area contributed by atoms with Gasteiger partial charge in [0, 0.05) is 49.4 Å². The second kappa shape index (κ2) is 11.0. The van der Waals surface area contributed by atoms with Crippen LogP contribution in [0.15, 0.2) is 46.6 Å². The third kappa shape index (κ3) is 5.37. The lowest BCUT2D eigenvalue weighted by Crippen LogP contribution is -2.65. The van der Waals surface area contributed by atoms with E-state index in [-0.39, 0.29) is 10.6 Å². The van der Waals surface area contributed by atoms with Gasteiger partial charge in [0.05, 0.1) is 42.2 Å². The molecule has 2 aliphatic rings. The molecule has 0 radical (unpaired) electrons. The quantitative estimate of drug-likeness (QED) is 0.288. The Kier molecular flexibility index (Phi) is 8.19. The van der Waals surface area contributed by atoms with E-state index in [2.05, 4.69) is 45.5 Å². The van der Waals surface area contributed by atoms with Crippen LogP contribution in [-0.4, -0.2) is 58.8 Å². The monoisotopic (exact) mass is 556 g/mol. The summed E-state index contributed by atoms with van der Waals surface area (Å²) >= 11 is 3.50. The minimum atomic E-state index is -0.396. The minimum Gasteiger partial charge on any atom is -0.632 e. The maximum Gasteiger partial charge on any atom is 0.255 e. The number of carbonyl (C=O) groups is 1. The van der Waals surface area contributed by atoms with Crippen molar-refractivity contribution in [2.75, 3.05) is 32.8 Å². The largest absolute Gasteiger partial charge is 0.632 e. The second-order valence-corrected chi connectivity index (χ2v) is 11.2. The maximum absolute atomic E-state index is 14.2. The Labute approximate surface area is 222 Å². The molecule has 0 unspecified atom stereocenters. The topological polar surface area (TPSA) is 77.5 Å². The first-order valence-electron chi connectivity index (χ1n) is 12.8. The molecule has 1 aromatic heterocycles. The van der Waals surface area contributed by atoms with Gasteiger partial charge in [0.25, 0.3) is 5.91 Å². The van der Waals surface area contributed by atoms with E-state index in [1.807, 2.05) is 43.9 Å². The van der Waals surface area contributed by atoms with E-state index in [0.29, 0.717) is 51.2 Å². The lowest BCUT2D eigenvalue weighted by Gasteiger charge is -2.59. The molecule has 1 amide bonds. The predicted octanol–water partition coefficient (Wildman–Crippen LogP) is 5.52. The lowest BCUT2D eigenvalue weighted by atomic mass is 9.84. The number of nitrogens with one attached hydrogen (secondary N) is 1. The first-order valence-corrected chi connectivity index (χ1v) is 13.6. The number of pyridine rings is 1. The highest BCUT2D eigenvalue weighted by atomic mass is 79.9. The van der Waals surface area contributed by atoms with Gasteiger partial charge in [-0.3, -0.25) is 20.1 Å². The SMILES string of the molecule is CCONC(=C1CC[N+]([O-])(C2(C)CCN(C(=O)c3c(C)ccnc3C)CC2)CC1)c1ccc(Br)cc1. The zero-order valence-corrected chi connectivity index (χ0v) is 23.4. The van der Waals surface area contributed by atoms with Crippen molar-refractivity contribution in [3.05, 3.63) is 74.2 Å². The molecule has 4 rings (SSSR count). The molecule has 0 bridgehead atoms. The summed E-state index contributed by atoms with van der Waals surface area (Å²) in [5.41, 5.74) is 8.42. The Balaban J connectivity index is 1.45. The van der Waals surface area contributed by atoms with E-state index in [1.165, 1.54) is 5.57 Å². The normalized spacial score (nSPS) is 21.8. The summed E-state index contributed by atoms with van der Waals surface area (Å²) in [6, 6.07) is 10.0. The molecule has 2 aliphatic heterocycles. The van der Waals surface area contributed by atoms with E-state index in [1.54, 1.807) is 6.20 Å². The van der Waals surface area contributed by atoms with Crippen molar-refractivity contribution < 1.29 is 14.3 Å². The molecule has 2 saturated heterocycles. The number of hydrogen-bond donors (Lipinski definition) is 1. The third-order valence-electron chi connectivity index (χ3n) is 8.03. The number of halogens is 1. The minimum absolute atomic E-state index is 0.0302. The zero-order chi connectivity index (χ0) is 25.9. The van der Waals surface area contributed by atoms with Crippen LogP contribution < -0.4 is 5.48 Å². The molecule has 1 N–H and O–H groups in total. The van der Waals surface area contributed by atoms with Crippen LogP contribution in [0.2, 0.25) is 0 Å². The Morgan fingerprint density at radius 2 is 1.81 bits per heavy atom. The van der Waals surface area contributed by atoms with Crippen molar-refractivity contribution in [3.63, 3.8) is 0 Å². The fourth-order valence-electron chi connectivity index (χ4n) is 5.53. The smallest absolute Gasteiger partial charge is 0.255 e. The van der Waals surface area contributed by atoms with E-state index in [4.69, 9.17) is 4.84 Å². The molecule has 7 nitrogen and oxygen atoms in total. The van der Waals surface area contributed by atoms with Crippen molar-refractivity contribution in [2.24, 2.45) is 0 Å². The number of piperidine rings is 2. The van der Waals surface area contributed by atoms with Gasteiger partial charge in [-0.05, 0) is 62.6 Å². The number of rotatable bonds is 6. The van der Waals surface area contributed by atoms with Gasteiger partial charge in [-0.2, -0.15) is 0 Å². The van der Waals surface area contributed by atoms with Crippen molar-refractivity contribution in [1.29, 1.82) is 0 Å². The number of aromatic nitrogens is 1. The highest BCUT2D eigenvalue weighted by Crippen LogP contribution is 2.40. The zero-order valence-electron chi connectivity index (χ0n) is 21.8. The van der Waals surface area contributed by atoms with Gasteiger partial charge in [0.15, 0.2) is 0 Å². The second-order valence-electron chi connectivity index (χ2n) is 10.2. The number of hydroxylamine groups is 4. The number of carbonyl (C=O) groups excluding carboxylic acids is 1. The van der Waals surface area contributed by atoms with Gasteiger partial charge in [-0.25, -0.2) is 0 Å². The number of likely N-dealkylation sites (tertiary alicyclic amines) is 2. The molecule has 1 aromatic carbocycles. The van der Waals surface area contributed by atoms with Crippen LogP contribution >= 0.6 is 15.9 Å². The summed E-state index contributed by atoms with van der Waals surface area (Å²) in [4.78, 5) is 25.0. The molecule has 36 heavy (non-hydrogen) atoms. The Morgan fingerprint density at radius 3 is 2.39 bits per heavy atom. The van der Waals surface area contributed by atoms with E-state index in [0.717, 1.165) is 39.8 Å². The van der Waals surface area contributed by atoms with Gasteiger partial charge < -0.3 is 14.8 Å². The van der Waals surface area contributed by atoms with Gasteiger partial charge in [0.1, 0.15) is 0 Å². The molecule has 0 saturated carbocycles. The summed E-state index contributed by atoms with van der Waals surface area (Å²) in [6.07, 6.45) is 4.60. The first kappa shape index (κ1) is 26.8.